The minimum atomic E-state index is 0.548. The molecule has 0 amide bonds. The van der Waals surface area contributed by atoms with Crippen molar-refractivity contribution < 1.29 is 4.74 Å². The predicted octanol–water partition coefficient (Wildman–Crippen LogP) is 2.16. The van der Waals surface area contributed by atoms with Crippen molar-refractivity contribution in [3.8, 4) is 0 Å². The summed E-state index contributed by atoms with van der Waals surface area (Å²) in [4.78, 5) is 2.72. The van der Waals surface area contributed by atoms with Crippen LogP contribution >= 0.6 is 0 Å². The highest BCUT2D eigenvalue weighted by Crippen LogP contribution is 2.30. The van der Waals surface area contributed by atoms with Crippen molar-refractivity contribution in [3.05, 3.63) is 0 Å². The molecule has 1 aliphatic carbocycles. The number of fused-ring (bicyclic) bond motifs is 1. The van der Waals surface area contributed by atoms with Gasteiger partial charge in [-0.25, -0.2) is 0 Å². The molecule has 0 spiro atoms. The second-order valence-electron chi connectivity index (χ2n) is 6.26. The summed E-state index contributed by atoms with van der Waals surface area (Å²) in [6.45, 7) is 4.58. The lowest BCUT2D eigenvalue weighted by Crippen LogP contribution is -2.53. The summed E-state index contributed by atoms with van der Waals surface area (Å²) in [5.41, 5.74) is 0. The Bertz CT molecular complexity index is 251. The molecule has 3 rings (SSSR count). The Labute approximate surface area is 111 Å². The van der Waals surface area contributed by atoms with Gasteiger partial charge in [-0.15, -0.1) is 0 Å². The zero-order valence-corrected chi connectivity index (χ0v) is 11.6. The van der Waals surface area contributed by atoms with Crippen LogP contribution in [0, 0.1) is 0 Å². The quantitative estimate of drug-likeness (QED) is 0.815. The van der Waals surface area contributed by atoms with E-state index in [9.17, 15) is 0 Å². The van der Waals surface area contributed by atoms with Crippen LogP contribution in [0.2, 0.25) is 0 Å². The molecule has 2 saturated heterocycles. The Morgan fingerprint density at radius 2 is 1.94 bits per heavy atom. The van der Waals surface area contributed by atoms with Crippen LogP contribution in [-0.2, 0) is 4.74 Å². The van der Waals surface area contributed by atoms with Gasteiger partial charge in [0.25, 0.3) is 0 Å². The Balaban J connectivity index is 1.53. The number of nitrogens with one attached hydrogen (secondary N) is 1. The monoisotopic (exact) mass is 252 g/mol. The fraction of sp³-hybridized carbons (Fsp3) is 1.00. The van der Waals surface area contributed by atoms with Crippen molar-refractivity contribution in [1.29, 1.82) is 0 Å². The molecule has 1 saturated carbocycles. The lowest BCUT2D eigenvalue weighted by molar-refractivity contribution is -0.0585. The Morgan fingerprint density at radius 1 is 1.00 bits per heavy atom. The molecule has 0 aromatic heterocycles. The number of nitrogens with zero attached hydrogens (tertiary/aromatic N) is 1. The van der Waals surface area contributed by atoms with Gasteiger partial charge in [-0.05, 0) is 38.6 Å². The molecule has 18 heavy (non-hydrogen) atoms. The molecule has 0 aromatic rings. The standard InChI is InChI=1S/C15H28N2O/c1-2-4-9-16-13(6-3-1)12-17-10-11-18-15-8-5-7-14(15)17/h13-16H,1-12H2. The molecule has 3 fully saturated rings. The van der Waals surface area contributed by atoms with E-state index in [2.05, 4.69) is 10.2 Å². The average molecular weight is 252 g/mol. The number of hydrogen-bond donors (Lipinski definition) is 1. The van der Waals surface area contributed by atoms with Gasteiger partial charge in [-0.2, -0.15) is 0 Å². The summed E-state index contributed by atoms with van der Waals surface area (Å²) in [6.07, 6.45) is 11.6. The lowest BCUT2D eigenvalue weighted by atomic mass is 10.0. The first-order valence-corrected chi connectivity index (χ1v) is 8.02. The summed E-state index contributed by atoms with van der Waals surface area (Å²) in [5.74, 6) is 0. The Hall–Kier alpha value is -0.120. The molecule has 2 heterocycles. The van der Waals surface area contributed by atoms with Crippen molar-refractivity contribution in [2.75, 3.05) is 26.2 Å². The van der Waals surface area contributed by atoms with Gasteiger partial charge in [0.1, 0.15) is 0 Å². The minimum Gasteiger partial charge on any atom is -0.375 e. The van der Waals surface area contributed by atoms with Crippen molar-refractivity contribution >= 4 is 0 Å². The predicted molar refractivity (Wildman–Crippen MR) is 73.8 cm³/mol. The van der Waals surface area contributed by atoms with E-state index in [1.807, 2.05) is 0 Å². The van der Waals surface area contributed by atoms with Crippen molar-refractivity contribution in [2.45, 2.75) is 69.6 Å². The fourth-order valence-electron chi connectivity index (χ4n) is 3.95. The molecule has 1 N–H and O–H groups in total. The molecule has 3 aliphatic rings. The summed E-state index contributed by atoms with van der Waals surface area (Å²) >= 11 is 0. The van der Waals surface area contributed by atoms with E-state index >= 15 is 0 Å². The summed E-state index contributed by atoms with van der Waals surface area (Å²) in [5, 5.41) is 3.77. The maximum atomic E-state index is 5.90. The third-order valence-electron chi connectivity index (χ3n) is 4.96. The van der Waals surface area contributed by atoms with Gasteiger partial charge in [0.15, 0.2) is 0 Å². The van der Waals surface area contributed by atoms with E-state index in [1.165, 1.54) is 64.5 Å². The second-order valence-corrected chi connectivity index (χ2v) is 6.26. The van der Waals surface area contributed by atoms with Gasteiger partial charge >= 0.3 is 0 Å². The van der Waals surface area contributed by atoms with Crippen LogP contribution in [-0.4, -0.2) is 49.3 Å². The molecule has 2 aliphatic heterocycles. The molecule has 104 valence electrons. The molecule has 0 aromatic carbocycles. The Morgan fingerprint density at radius 3 is 2.94 bits per heavy atom. The lowest BCUT2D eigenvalue weighted by Gasteiger charge is -2.40. The highest BCUT2D eigenvalue weighted by Gasteiger charge is 2.36. The summed E-state index contributed by atoms with van der Waals surface area (Å²) in [7, 11) is 0. The molecule has 3 nitrogen and oxygen atoms in total. The molecular weight excluding hydrogens is 224 g/mol. The van der Waals surface area contributed by atoms with E-state index in [0.29, 0.717) is 6.10 Å². The molecule has 3 heteroatoms. The Kier molecular flexibility index (Phi) is 4.55. The number of morpholine rings is 1. The van der Waals surface area contributed by atoms with Gasteiger partial charge in [0.05, 0.1) is 12.7 Å². The maximum absolute atomic E-state index is 5.90. The normalized spacial score (nSPS) is 39.0. The van der Waals surface area contributed by atoms with Gasteiger partial charge in [0.2, 0.25) is 0 Å². The van der Waals surface area contributed by atoms with E-state index in [1.54, 1.807) is 0 Å². The fourth-order valence-corrected chi connectivity index (χ4v) is 3.95. The highest BCUT2D eigenvalue weighted by molar-refractivity contribution is 4.91. The second kappa shape index (κ2) is 6.36. The third-order valence-corrected chi connectivity index (χ3v) is 4.96. The van der Waals surface area contributed by atoms with E-state index in [-0.39, 0.29) is 0 Å². The molecular formula is C15H28N2O. The molecule has 3 atom stereocenters. The van der Waals surface area contributed by atoms with Crippen molar-refractivity contribution in [3.63, 3.8) is 0 Å². The topological polar surface area (TPSA) is 24.5 Å². The van der Waals surface area contributed by atoms with E-state index < -0.39 is 0 Å². The average Bonchev–Trinajstić information content (AvgIpc) is 2.81. The number of ether oxygens (including phenoxy) is 1. The van der Waals surface area contributed by atoms with Crippen LogP contribution in [0.4, 0.5) is 0 Å². The first kappa shape index (κ1) is 12.9. The van der Waals surface area contributed by atoms with Crippen LogP contribution in [0.1, 0.15) is 51.4 Å². The number of hydrogen-bond acceptors (Lipinski definition) is 3. The van der Waals surface area contributed by atoms with Crippen LogP contribution in [0.5, 0.6) is 0 Å². The molecule has 0 radical (unpaired) electrons. The van der Waals surface area contributed by atoms with Gasteiger partial charge < -0.3 is 10.1 Å². The van der Waals surface area contributed by atoms with Crippen molar-refractivity contribution in [1.82, 2.24) is 10.2 Å². The largest absolute Gasteiger partial charge is 0.375 e. The van der Waals surface area contributed by atoms with Crippen molar-refractivity contribution in [2.24, 2.45) is 0 Å². The SMILES string of the molecule is C1CCCC(CN2CCOC3CCCC32)NCC1. The highest BCUT2D eigenvalue weighted by atomic mass is 16.5. The summed E-state index contributed by atoms with van der Waals surface area (Å²) < 4.78 is 5.90. The molecule has 0 bridgehead atoms. The third kappa shape index (κ3) is 3.06. The first-order chi connectivity index (χ1) is 8.93. The molecule has 3 unspecified atom stereocenters. The van der Waals surface area contributed by atoms with Gasteiger partial charge in [-0.3, -0.25) is 4.90 Å². The van der Waals surface area contributed by atoms with Crippen LogP contribution in [0.15, 0.2) is 0 Å². The maximum Gasteiger partial charge on any atom is 0.0730 e. The number of rotatable bonds is 2. The van der Waals surface area contributed by atoms with Crippen LogP contribution < -0.4 is 5.32 Å². The smallest absolute Gasteiger partial charge is 0.0730 e. The van der Waals surface area contributed by atoms with E-state index in [0.717, 1.165) is 25.2 Å². The van der Waals surface area contributed by atoms with Crippen LogP contribution in [0.3, 0.4) is 0 Å². The summed E-state index contributed by atoms with van der Waals surface area (Å²) in [6, 6.07) is 1.45. The zero-order chi connectivity index (χ0) is 12.2. The van der Waals surface area contributed by atoms with Gasteiger partial charge in [0, 0.05) is 25.2 Å². The van der Waals surface area contributed by atoms with E-state index in [4.69, 9.17) is 4.74 Å². The van der Waals surface area contributed by atoms with Gasteiger partial charge in [-0.1, -0.05) is 19.3 Å². The first-order valence-electron chi connectivity index (χ1n) is 8.02. The van der Waals surface area contributed by atoms with Crippen LogP contribution in [0.25, 0.3) is 0 Å². The minimum absolute atomic E-state index is 0.548. The zero-order valence-electron chi connectivity index (χ0n) is 11.6.